The van der Waals surface area contributed by atoms with Crippen LogP contribution in [0.1, 0.15) is 32.6 Å². The second-order valence-electron chi connectivity index (χ2n) is 8.24. The zero-order valence-electron chi connectivity index (χ0n) is 18.6. The van der Waals surface area contributed by atoms with Crippen LogP contribution in [-0.4, -0.2) is 43.4 Å². The molecule has 0 aliphatic heterocycles. The maximum absolute atomic E-state index is 14.8. The van der Waals surface area contributed by atoms with Gasteiger partial charge in [-0.15, -0.1) is 0 Å². The van der Waals surface area contributed by atoms with Gasteiger partial charge in [0, 0.05) is 45.8 Å². The fourth-order valence-corrected chi connectivity index (χ4v) is 3.76. The van der Waals surface area contributed by atoms with Gasteiger partial charge in [-0.25, -0.2) is 28.1 Å². The molecule has 2 saturated carbocycles. The molecule has 0 saturated heterocycles. The largest absolute Gasteiger partial charge is 0.474 e. The molecular weight excluding hydrogens is 493 g/mol. The molecule has 2 aliphatic carbocycles. The minimum Gasteiger partial charge on any atom is -0.474 e. The van der Waals surface area contributed by atoms with E-state index in [2.05, 4.69) is 0 Å². The molecule has 4 rings (SSSR count). The average molecular weight is 514 g/mol. The van der Waals surface area contributed by atoms with Crippen LogP contribution in [0.5, 0.6) is 5.75 Å². The molecule has 0 bridgehead atoms. The van der Waals surface area contributed by atoms with E-state index < -0.39 is 46.0 Å². The molecule has 13 heteroatoms. The fraction of sp³-hybridized carbons (Fsp3) is 0.476. The van der Waals surface area contributed by atoms with Crippen molar-refractivity contribution in [2.75, 3.05) is 6.61 Å². The molecule has 2 aromatic rings. The van der Waals surface area contributed by atoms with Gasteiger partial charge in [0.15, 0.2) is 4.77 Å². The second kappa shape index (κ2) is 8.35. The number of esters is 2. The highest BCUT2D eigenvalue weighted by Crippen LogP contribution is 2.48. The van der Waals surface area contributed by atoms with E-state index >= 15 is 0 Å². The summed E-state index contributed by atoms with van der Waals surface area (Å²) in [5, 5.41) is -0.180. The zero-order valence-corrected chi connectivity index (χ0v) is 20.1. The standard InChI is InChI=1S/C21H21ClFN3O7S/c1-4-31-15(27)20(5-6-20)33-16(28)21(7-8-21)32-14-10-13(12(23)9-11(14)22)26-17(29)24(2)19(34)25(3)18(26)30/h9-10H,4-8H2,1-3H3. The van der Waals surface area contributed by atoms with Gasteiger partial charge >= 0.3 is 23.3 Å². The molecule has 0 N–H and O–H groups in total. The summed E-state index contributed by atoms with van der Waals surface area (Å²) in [5.41, 5.74) is -4.91. The van der Waals surface area contributed by atoms with Crippen molar-refractivity contribution in [1.82, 2.24) is 13.7 Å². The Balaban J connectivity index is 1.68. The Morgan fingerprint density at radius 3 is 2.12 bits per heavy atom. The molecule has 0 unspecified atom stereocenters. The molecule has 2 fully saturated rings. The predicted molar refractivity (Wildman–Crippen MR) is 119 cm³/mol. The van der Waals surface area contributed by atoms with Crippen molar-refractivity contribution < 1.29 is 28.2 Å². The fourth-order valence-electron chi connectivity index (χ4n) is 3.41. The first-order chi connectivity index (χ1) is 16.0. The number of hydrogen-bond acceptors (Lipinski definition) is 8. The number of nitrogens with zero attached hydrogens (tertiary/aromatic N) is 3. The van der Waals surface area contributed by atoms with Gasteiger partial charge in [0.2, 0.25) is 11.2 Å². The summed E-state index contributed by atoms with van der Waals surface area (Å²) in [6, 6.07) is 1.94. The quantitative estimate of drug-likeness (QED) is 0.408. The van der Waals surface area contributed by atoms with Gasteiger partial charge in [0.25, 0.3) is 0 Å². The molecule has 1 aromatic carbocycles. The number of carbonyl (C=O) groups is 2. The van der Waals surface area contributed by atoms with Gasteiger partial charge in [-0.1, -0.05) is 11.6 Å². The summed E-state index contributed by atoms with van der Waals surface area (Å²) < 4.78 is 33.6. The first-order valence-corrected chi connectivity index (χ1v) is 11.2. The third-order valence-corrected chi connectivity index (χ3v) is 6.64. The van der Waals surface area contributed by atoms with Crippen LogP contribution in [0.2, 0.25) is 5.02 Å². The molecule has 182 valence electrons. The van der Waals surface area contributed by atoms with Crippen LogP contribution in [0.25, 0.3) is 5.69 Å². The third-order valence-electron chi connectivity index (χ3n) is 5.79. The Hall–Kier alpha value is -2.99. The van der Waals surface area contributed by atoms with E-state index in [-0.39, 0.29) is 35.0 Å². The molecule has 34 heavy (non-hydrogen) atoms. The number of rotatable bonds is 7. The summed E-state index contributed by atoms with van der Waals surface area (Å²) >= 11 is 11.2. The Morgan fingerprint density at radius 2 is 1.62 bits per heavy atom. The zero-order chi connectivity index (χ0) is 25.0. The van der Waals surface area contributed by atoms with Gasteiger partial charge in [0.1, 0.15) is 11.6 Å². The number of hydrogen-bond donors (Lipinski definition) is 0. The summed E-state index contributed by atoms with van der Waals surface area (Å²) in [7, 11) is 2.69. The molecule has 0 radical (unpaired) electrons. The highest BCUT2D eigenvalue weighted by Gasteiger charge is 2.62. The Kier molecular flexibility index (Phi) is 5.93. The summed E-state index contributed by atoms with van der Waals surface area (Å²) in [4.78, 5) is 50.4. The normalized spacial score (nSPS) is 17.1. The van der Waals surface area contributed by atoms with Crippen molar-refractivity contribution in [2.45, 2.75) is 43.8 Å². The van der Waals surface area contributed by atoms with Crippen molar-refractivity contribution >= 4 is 35.8 Å². The van der Waals surface area contributed by atoms with E-state index in [9.17, 15) is 23.6 Å². The van der Waals surface area contributed by atoms with E-state index in [1.165, 1.54) is 14.1 Å². The van der Waals surface area contributed by atoms with Crippen LogP contribution in [-0.2, 0) is 33.2 Å². The Labute approximate surface area is 202 Å². The number of ether oxygens (including phenoxy) is 3. The number of carbonyl (C=O) groups excluding carboxylic acids is 2. The lowest BCUT2D eigenvalue weighted by molar-refractivity contribution is -0.176. The van der Waals surface area contributed by atoms with Gasteiger partial charge in [-0.3, -0.25) is 9.13 Å². The number of halogens is 2. The molecule has 0 spiro atoms. The minimum atomic E-state index is -1.42. The molecular formula is C21H21ClFN3O7S. The molecule has 1 heterocycles. The lowest BCUT2D eigenvalue weighted by Crippen LogP contribution is -2.44. The van der Waals surface area contributed by atoms with Crippen molar-refractivity contribution in [2.24, 2.45) is 14.1 Å². The number of benzene rings is 1. The van der Waals surface area contributed by atoms with Gasteiger partial charge in [-0.2, -0.15) is 0 Å². The summed E-state index contributed by atoms with van der Waals surface area (Å²) in [6.45, 7) is 1.80. The van der Waals surface area contributed by atoms with Crippen LogP contribution in [0.4, 0.5) is 4.39 Å². The lowest BCUT2D eigenvalue weighted by Gasteiger charge is -2.22. The topological polar surface area (TPSA) is 111 Å². The SMILES string of the molecule is CCOC(=O)C1(OC(=O)C2(Oc3cc(-n4c(=O)n(C)c(=S)n(C)c4=O)c(F)cc3Cl)CC2)CC1. The molecule has 2 aliphatic rings. The minimum absolute atomic E-state index is 0.0487. The Bertz CT molecular complexity index is 1350. The molecule has 10 nitrogen and oxygen atoms in total. The van der Waals surface area contributed by atoms with Crippen molar-refractivity contribution in [3.63, 3.8) is 0 Å². The van der Waals surface area contributed by atoms with Gasteiger partial charge in [-0.05, 0) is 25.2 Å². The molecule has 1 aromatic heterocycles. The average Bonchev–Trinajstić information content (AvgIpc) is 3.71. The van der Waals surface area contributed by atoms with Crippen molar-refractivity contribution in [3.05, 3.63) is 48.7 Å². The Morgan fingerprint density at radius 1 is 1.06 bits per heavy atom. The second-order valence-corrected chi connectivity index (χ2v) is 9.01. The van der Waals surface area contributed by atoms with E-state index in [1.54, 1.807) is 6.92 Å². The van der Waals surface area contributed by atoms with Crippen LogP contribution in [0.15, 0.2) is 21.7 Å². The van der Waals surface area contributed by atoms with Crippen LogP contribution in [0, 0.1) is 10.6 Å². The van der Waals surface area contributed by atoms with E-state index in [0.29, 0.717) is 17.4 Å². The first-order valence-electron chi connectivity index (χ1n) is 10.4. The predicted octanol–water partition coefficient (Wildman–Crippen LogP) is 1.95. The van der Waals surface area contributed by atoms with E-state index in [1.807, 2.05) is 0 Å². The third kappa shape index (κ3) is 3.94. The van der Waals surface area contributed by atoms with Crippen LogP contribution in [0.3, 0.4) is 0 Å². The van der Waals surface area contributed by atoms with Gasteiger partial charge in [0.05, 0.1) is 17.3 Å². The van der Waals surface area contributed by atoms with E-state index in [4.69, 9.17) is 38.0 Å². The van der Waals surface area contributed by atoms with Crippen molar-refractivity contribution in [1.29, 1.82) is 0 Å². The number of aromatic nitrogens is 3. The molecule has 0 atom stereocenters. The lowest BCUT2D eigenvalue weighted by atomic mass is 10.2. The maximum atomic E-state index is 14.8. The van der Waals surface area contributed by atoms with Crippen LogP contribution < -0.4 is 16.1 Å². The highest BCUT2D eigenvalue weighted by atomic mass is 35.5. The van der Waals surface area contributed by atoms with Gasteiger partial charge < -0.3 is 14.2 Å². The van der Waals surface area contributed by atoms with Crippen molar-refractivity contribution in [3.8, 4) is 11.4 Å². The van der Waals surface area contributed by atoms with E-state index in [0.717, 1.165) is 21.3 Å². The molecule has 0 amide bonds. The summed E-state index contributed by atoms with van der Waals surface area (Å²) in [6.07, 6.45) is 1.23. The maximum Gasteiger partial charge on any atom is 0.351 e. The summed E-state index contributed by atoms with van der Waals surface area (Å²) in [5.74, 6) is -2.47. The first kappa shape index (κ1) is 24.1. The van der Waals surface area contributed by atoms with Crippen LogP contribution >= 0.6 is 23.8 Å². The highest BCUT2D eigenvalue weighted by molar-refractivity contribution is 7.71. The monoisotopic (exact) mass is 513 g/mol. The smallest absolute Gasteiger partial charge is 0.351 e.